The number of likely N-dealkylation sites (tertiary alicyclic amines) is 1. The maximum Gasteiger partial charge on any atom is 0.259 e. The molecule has 2 aromatic heterocycles. The van der Waals surface area contributed by atoms with Crippen molar-refractivity contribution in [3.05, 3.63) is 95.9 Å². The molecular weight excluding hydrogens is 438 g/mol. The largest absolute Gasteiger partial charge is 0.338 e. The third-order valence-corrected chi connectivity index (χ3v) is 6.77. The number of rotatable bonds is 5. The molecule has 0 saturated carbocycles. The van der Waals surface area contributed by atoms with Crippen LogP contribution in [-0.4, -0.2) is 44.2 Å². The summed E-state index contributed by atoms with van der Waals surface area (Å²) in [4.78, 5) is 28.6. The molecule has 1 atom stereocenters. The summed E-state index contributed by atoms with van der Waals surface area (Å²) in [6.45, 7) is 5.05. The second-order valence-corrected chi connectivity index (χ2v) is 9.05. The highest BCUT2D eigenvalue weighted by Gasteiger charge is 2.31. The van der Waals surface area contributed by atoms with E-state index in [4.69, 9.17) is 0 Å². The molecular formula is C28H29N5O2. The van der Waals surface area contributed by atoms with E-state index in [1.807, 2.05) is 91.5 Å². The Morgan fingerprint density at radius 3 is 2.51 bits per heavy atom. The number of carbonyl (C=O) groups excluding carboxylic acids is 2. The number of hydrogen-bond donors (Lipinski definition) is 1. The van der Waals surface area contributed by atoms with E-state index >= 15 is 0 Å². The van der Waals surface area contributed by atoms with Crippen molar-refractivity contribution in [2.75, 3.05) is 18.4 Å². The molecule has 1 aliphatic heterocycles. The molecule has 1 fully saturated rings. The van der Waals surface area contributed by atoms with Crippen molar-refractivity contribution in [1.29, 1.82) is 0 Å². The van der Waals surface area contributed by atoms with E-state index < -0.39 is 0 Å². The summed E-state index contributed by atoms with van der Waals surface area (Å²) in [6, 6.07) is 19.5. The van der Waals surface area contributed by atoms with Gasteiger partial charge in [0.25, 0.3) is 5.91 Å². The second-order valence-electron chi connectivity index (χ2n) is 9.05. The fraction of sp³-hybridized carbons (Fsp3) is 0.250. The van der Waals surface area contributed by atoms with E-state index in [1.165, 1.54) is 0 Å². The standard InChI is InChI=1S/C28H29N5O2/c1-20-10-8-14-25(21(20)2)30-26(34)22-11-9-17-32(19-22)28(35)24-18-29-33(23-12-4-3-5-13-23)27(24)31-15-6-7-16-31/h3-8,10,12-16,18,22H,9,11,17,19H2,1-2H3,(H,30,34). The molecule has 7 heteroatoms. The van der Waals surface area contributed by atoms with E-state index in [-0.39, 0.29) is 17.7 Å². The molecule has 2 aromatic carbocycles. The number of amides is 2. The number of benzene rings is 2. The van der Waals surface area contributed by atoms with Gasteiger partial charge in [-0.15, -0.1) is 0 Å². The minimum absolute atomic E-state index is 0.0400. The molecule has 1 saturated heterocycles. The summed E-state index contributed by atoms with van der Waals surface area (Å²) < 4.78 is 3.68. The Hall–Kier alpha value is -4.13. The molecule has 0 bridgehead atoms. The van der Waals surface area contributed by atoms with Gasteiger partial charge >= 0.3 is 0 Å². The maximum absolute atomic E-state index is 13.7. The van der Waals surface area contributed by atoms with Crippen LogP contribution in [0.5, 0.6) is 0 Å². The molecule has 178 valence electrons. The van der Waals surface area contributed by atoms with Crippen LogP contribution in [0.1, 0.15) is 34.3 Å². The highest BCUT2D eigenvalue weighted by Crippen LogP contribution is 2.26. The van der Waals surface area contributed by atoms with Gasteiger partial charge in [-0.25, -0.2) is 4.68 Å². The fourth-order valence-corrected chi connectivity index (χ4v) is 4.64. The first-order valence-electron chi connectivity index (χ1n) is 12.0. The van der Waals surface area contributed by atoms with Gasteiger partial charge in [0.05, 0.1) is 17.8 Å². The van der Waals surface area contributed by atoms with Crippen LogP contribution in [0.3, 0.4) is 0 Å². The molecule has 5 rings (SSSR count). The van der Waals surface area contributed by atoms with Crippen LogP contribution in [0.2, 0.25) is 0 Å². The van der Waals surface area contributed by atoms with Gasteiger partial charge in [0.15, 0.2) is 5.82 Å². The van der Waals surface area contributed by atoms with Crippen molar-refractivity contribution < 1.29 is 9.59 Å². The summed E-state index contributed by atoms with van der Waals surface area (Å²) in [5.74, 6) is 0.280. The van der Waals surface area contributed by atoms with E-state index in [2.05, 4.69) is 10.4 Å². The quantitative estimate of drug-likeness (QED) is 0.460. The molecule has 2 amide bonds. The lowest BCUT2D eigenvalue weighted by Gasteiger charge is -2.32. The Morgan fingerprint density at radius 2 is 1.74 bits per heavy atom. The Morgan fingerprint density at radius 1 is 0.971 bits per heavy atom. The van der Waals surface area contributed by atoms with Crippen LogP contribution in [0.15, 0.2) is 79.3 Å². The van der Waals surface area contributed by atoms with Gasteiger partial charge in [0.1, 0.15) is 5.56 Å². The average Bonchev–Trinajstić information content (AvgIpc) is 3.57. The van der Waals surface area contributed by atoms with E-state index in [0.717, 1.165) is 35.3 Å². The van der Waals surface area contributed by atoms with Crippen molar-refractivity contribution in [2.45, 2.75) is 26.7 Å². The minimum atomic E-state index is -0.258. The number of carbonyl (C=O) groups is 2. The van der Waals surface area contributed by atoms with E-state index in [9.17, 15) is 9.59 Å². The maximum atomic E-state index is 13.7. The summed E-state index contributed by atoms with van der Waals surface area (Å²) in [7, 11) is 0. The highest BCUT2D eigenvalue weighted by atomic mass is 16.2. The van der Waals surface area contributed by atoms with Crippen molar-refractivity contribution in [1.82, 2.24) is 19.2 Å². The average molecular weight is 468 g/mol. The SMILES string of the molecule is Cc1cccc(NC(=O)C2CCCN(C(=O)c3cnn(-c4ccccc4)c3-n3cccc3)C2)c1C. The fourth-order valence-electron chi connectivity index (χ4n) is 4.64. The van der Waals surface area contributed by atoms with Gasteiger partial charge in [-0.3, -0.25) is 9.59 Å². The zero-order chi connectivity index (χ0) is 24.4. The van der Waals surface area contributed by atoms with Crippen molar-refractivity contribution >= 4 is 17.5 Å². The summed E-state index contributed by atoms with van der Waals surface area (Å²) in [5.41, 5.74) is 4.42. The first-order valence-corrected chi connectivity index (χ1v) is 12.0. The normalized spacial score (nSPS) is 15.7. The minimum Gasteiger partial charge on any atom is -0.338 e. The predicted molar refractivity (Wildman–Crippen MR) is 136 cm³/mol. The van der Waals surface area contributed by atoms with Crippen molar-refractivity contribution in [2.24, 2.45) is 5.92 Å². The first kappa shape index (κ1) is 22.7. The van der Waals surface area contributed by atoms with E-state index in [0.29, 0.717) is 24.5 Å². The lowest BCUT2D eigenvalue weighted by Crippen LogP contribution is -2.44. The van der Waals surface area contributed by atoms with Gasteiger partial charge in [-0.05, 0) is 68.1 Å². The van der Waals surface area contributed by atoms with Gasteiger partial charge in [0, 0.05) is 31.2 Å². The van der Waals surface area contributed by atoms with Crippen LogP contribution in [0, 0.1) is 19.8 Å². The molecule has 0 radical (unpaired) electrons. The first-order chi connectivity index (χ1) is 17.0. The summed E-state index contributed by atoms with van der Waals surface area (Å²) in [5, 5.41) is 7.64. The molecule has 35 heavy (non-hydrogen) atoms. The Kier molecular flexibility index (Phi) is 6.23. The smallest absolute Gasteiger partial charge is 0.259 e. The van der Waals surface area contributed by atoms with Crippen LogP contribution in [0.25, 0.3) is 11.5 Å². The zero-order valence-corrected chi connectivity index (χ0v) is 20.0. The lowest BCUT2D eigenvalue weighted by molar-refractivity contribution is -0.121. The Labute approximate surface area is 205 Å². The number of anilines is 1. The summed E-state index contributed by atoms with van der Waals surface area (Å²) >= 11 is 0. The van der Waals surface area contributed by atoms with Gasteiger partial charge in [-0.2, -0.15) is 5.10 Å². The molecule has 0 aliphatic carbocycles. The number of nitrogens with zero attached hydrogens (tertiary/aromatic N) is 4. The van der Waals surface area contributed by atoms with Crippen LogP contribution >= 0.6 is 0 Å². The molecule has 3 heterocycles. The number of nitrogens with one attached hydrogen (secondary N) is 1. The second kappa shape index (κ2) is 9.62. The van der Waals surface area contributed by atoms with Crippen molar-refractivity contribution in [3.63, 3.8) is 0 Å². The number of para-hydroxylation sites is 1. The van der Waals surface area contributed by atoms with Gasteiger partial charge in [-0.1, -0.05) is 30.3 Å². The van der Waals surface area contributed by atoms with Crippen LogP contribution in [0.4, 0.5) is 5.69 Å². The number of piperidine rings is 1. The molecule has 0 spiro atoms. The van der Waals surface area contributed by atoms with Crippen molar-refractivity contribution in [3.8, 4) is 11.5 Å². The van der Waals surface area contributed by atoms with Crippen LogP contribution in [-0.2, 0) is 4.79 Å². The van der Waals surface area contributed by atoms with Gasteiger partial charge in [0.2, 0.25) is 5.91 Å². The molecule has 1 unspecified atom stereocenters. The highest BCUT2D eigenvalue weighted by molar-refractivity contribution is 5.98. The number of aromatic nitrogens is 3. The monoisotopic (exact) mass is 467 g/mol. The summed E-state index contributed by atoms with van der Waals surface area (Å²) in [6.07, 6.45) is 6.98. The number of hydrogen-bond acceptors (Lipinski definition) is 3. The van der Waals surface area contributed by atoms with E-state index in [1.54, 1.807) is 15.8 Å². The molecule has 4 aromatic rings. The molecule has 1 aliphatic rings. The van der Waals surface area contributed by atoms with Gasteiger partial charge < -0.3 is 14.8 Å². The van der Waals surface area contributed by atoms with Crippen LogP contribution < -0.4 is 5.32 Å². The Bertz CT molecular complexity index is 1340. The zero-order valence-electron chi connectivity index (χ0n) is 20.0. The third kappa shape index (κ3) is 4.49. The Balaban J connectivity index is 1.39. The molecule has 1 N–H and O–H groups in total. The lowest BCUT2D eigenvalue weighted by atomic mass is 9.96. The third-order valence-electron chi connectivity index (χ3n) is 6.77. The number of aryl methyl sites for hydroxylation is 1. The topological polar surface area (TPSA) is 72.2 Å². The molecule has 7 nitrogen and oxygen atoms in total. The predicted octanol–water partition coefficient (Wildman–Crippen LogP) is 4.77.